The molecule has 2 aromatic rings. The van der Waals surface area contributed by atoms with Crippen molar-refractivity contribution in [1.29, 1.82) is 0 Å². The van der Waals surface area contributed by atoms with E-state index in [1.807, 2.05) is 6.92 Å². The number of rotatable bonds is 5. The van der Waals surface area contributed by atoms with E-state index in [1.54, 1.807) is 42.7 Å². The predicted octanol–water partition coefficient (Wildman–Crippen LogP) is 2.79. The zero-order chi connectivity index (χ0) is 15.2. The van der Waals surface area contributed by atoms with Crippen molar-refractivity contribution in [2.24, 2.45) is 0 Å². The molecule has 1 heterocycles. The van der Waals surface area contributed by atoms with Gasteiger partial charge in [0.25, 0.3) is 0 Å². The molecule has 0 saturated heterocycles. The van der Waals surface area contributed by atoms with Crippen molar-refractivity contribution in [3.63, 3.8) is 0 Å². The molecular weight excluding hydrogens is 272 g/mol. The van der Waals surface area contributed by atoms with E-state index in [-0.39, 0.29) is 18.5 Å². The van der Waals surface area contributed by atoms with Crippen LogP contribution in [0.5, 0.6) is 0 Å². The molecule has 0 aliphatic rings. The predicted molar refractivity (Wildman–Crippen MR) is 77.1 cm³/mol. The maximum atomic E-state index is 11.8. The van der Waals surface area contributed by atoms with E-state index in [0.717, 1.165) is 0 Å². The second kappa shape index (κ2) is 6.60. The van der Waals surface area contributed by atoms with Gasteiger partial charge < -0.3 is 20.2 Å². The summed E-state index contributed by atoms with van der Waals surface area (Å²) in [5.41, 5.74) is 1.27. The lowest BCUT2D eigenvalue weighted by Crippen LogP contribution is -2.30. The van der Waals surface area contributed by atoms with Crippen LogP contribution in [0.25, 0.3) is 0 Å². The van der Waals surface area contributed by atoms with Gasteiger partial charge in [0.05, 0.1) is 18.7 Å². The van der Waals surface area contributed by atoms with E-state index >= 15 is 0 Å². The van der Waals surface area contributed by atoms with E-state index in [4.69, 9.17) is 9.52 Å². The highest BCUT2D eigenvalue weighted by molar-refractivity contribution is 5.89. The molecule has 0 spiro atoms. The van der Waals surface area contributed by atoms with Gasteiger partial charge in [-0.25, -0.2) is 4.79 Å². The first kappa shape index (κ1) is 14.6. The second-order valence-electron chi connectivity index (χ2n) is 4.60. The van der Waals surface area contributed by atoms with Gasteiger partial charge in [0.15, 0.2) is 0 Å². The van der Waals surface area contributed by atoms with Gasteiger partial charge in [-0.15, -0.1) is 0 Å². The zero-order valence-corrected chi connectivity index (χ0v) is 11.5. The Kier molecular flexibility index (Phi) is 4.61. The van der Waals surface area contributed by atoms with Crippen molar-refractivity contribution in [2.45, 2.75) is 19.4 Å². The van der Waals surface area contributed by atoms with Crippen LogP contribution in [-0.4, -0.2) is 17.1 Å². The van der Waals surface area contributed by atoms with Crippen LogP contribution in [0.3, 0.4) is 0 Å². The van der Waals surface area contributed by atoms with Gasteiger partial charge in [-0.3, -0.25) is 4.79 Å². The van der Waals surface area contributed by atoms with E-state index in [9.17, 15) is 9.59 Å². The normalized spacial score (nSPS) is 11.7. The highest BCUT2D eigenvalue weighted by Crippen LogP contribution is 2.13. The van der Waals surface area contributed by atoms with E-state index < -0.39 is 5.97 Å². The SMILES string of the molecule is CC(NC(=O)Nc1ccc(CC(=O)O)cc1)c1ccco1. The number of carboxylic acid groups (broad SMARTS) is 1. The van der Waals surface area contributed by atoms with Gasteiger partial charge in [0, 0.05) is 5.69 Å². The maximum Gasteiger partial charge on any atom is 0.319 e. The number of amides is 2. The number of carbonyl (C=O) groups is 2. The Morgan fingerprint density at radius 2 is 1.95 bits per heavy atom. The topological polar surface area (TPSA) is 91.6 Å². The van der Waals surface area contributed by atoms with Crippen LogP contribution in [0, 0.1) is 0 Å². The van der Waals surface area contributed by atoms with Gasteiger partial charge in [-0.2, -0.15) is 0 Å². The van der Waals surface area contributed by atoms with Gasteiger partial charge in [-0.1, -0.05) is 12.1 Å². The van der Waals surface area contributed by atoms with Crippen LogP contribution < -0.4 is 10.6 Å². The minimum atomic E-state index is -0.888. The molecule has 6 heteroatoms. The van der Waals surface area contributed by atoms with Crippen molar-refractivity contribution in [3.05, 3.63) is 54.0 Å². The maximum absolute atomic E-state index is 11.8. The summed E-state index contributed by atoms with van der Waals surface area (Å²) in [5, 5.41) is 14.1. The molecule has 110 valence electrons. The van der Waals surface area contributed by atoms with Crippen molar-refractivity contribution < 1.29 is 19.1 Å². The Labute approximate surface area is 121 Å². The van der Waals surface area contributed by atoms with Crippen LogP contribution in [0.1, 0.15) is 24.3 Å². The largest absolute Gasteiger partial charge is 0.481 e. The first-order valence-electron chi connectivity index (χ1n) is 6.46. The molecule has 2 rings (SSSR count). The Morgan fingerprint density at radius 3 is 2.52 bits per heavy atom. The summed E-state index contributed by atoms with van der Waals surface area (Å²) in [7, 11) is 0. The molecular formula is C15H16N2O4. The summed E-state index contributed by atoms with van der Waals surface area (Å²) in [6.45, 7) is 1.81. The zero-order valence-electron chi connectivity index (χ0n) is 11.5. The first-order chi connectivity index (χ1) is 10.0. The number of hydrogen-bond acceptors (Lipinski definition) is 3. The molecule has 0 radical (unpaired) electrons. The first-order valence-corrected chi connectivity index (χ1v) is 6.46. The average Bonchev–Trinajstić information content (AvgIpc) is 2.94. The van der Waals surface area contributed by atoms with E-state index in [1.165, 1.54) is 0 Å². The van der Waals surface area contributed by atoms with Crippen molar-refractivity contribution in [2.75, 3.05) is 5.32 Å². The van der Waals surface area contributed by atoms with Crippen LogP contribution in [0.4, 0.5) is 10.5 Å². The third-order valence-corrected chi connectivity index (χ3v) is 2.88. The number of carboxylic acids is 1. The monoisotopic (exact) mass is 288 g/mol. The number of furan rings is 1. The number of hydrogen-bond donors (Lipinski definition) is 3. The Bertz CT molecular complexity index is 605. The molecule has 0 aliphatic heterocycles. The quantitative estimate of drug-likeness (QED) is 0.789. The Morgan fingerprint density at radius 1 is 1.24 bits per heavy atom. The third kappa shape index (κ3) is 4.38. The van der Waals surface area contributed by atoms with Crippen LogP contribution in [0.2, 0.25) is 0 Å². The minimum Gasteiger partial charge on any atom is -0.481 e. The standard InChI is InChI=1S/C15H16N2O4/c1-10(13-3-2-8-21-13)16-15(20)17-12-6-4-11(5-7-12)9-14(18)19/h2-8,10H,9H2,1H3,(H,18,19)(H2,16,17,20). The van der Waals surface area contributed by atoms with Crippen LogP contribution in [0.15, 0.2) is 47.1 Å². The summed E-state index contributed by atoms with van der Waals surface area (Å²) in [6, 6.07) is 9.60. The summed E-state index contributed by atoms with van der Waals surface area (Å²) in [4.78, 5) is 22.4. The number of carbonyl (C=O) groups excluding carboxylic acids is 1. The molecule has 0 aliphatic carbocycles. The average molecular weight is 288 g/mol. The fourth-order valence-electron chi connectivity index (χ4n) is 1.85. The molecule has 1 unspecified atom stereocenters. The highest BCUT2D eigenvalue weighted by Gasteiger charge is 2.11. The van der Waals surface area contributed by atoms with Crippen LogP contribution in [-0.2, 0) is 11.2 Å². The molecule has 0 saturated carbocycles. The molecule has 6 nitrogen and oxygen atoms in total. The third-order valence-electron chi connectivity index (χ3n) is 2.88. The summed E-state index contributed by atoms with van der Waals surface area (Å²) >= 11 is 0. The fourth-order valence-corrected chi connectivity index (χ4v) is 1.85. The molecule has 3 N–H and O–H groups in total. The van der Waals surface area contributed by atoms with Crippen LogP contribution >= 0.6 is 0 Å². The number of anilines is 1. The second-order valence-corrected chi connectivity index (χ2v) is 4.60. The lowest BCUT2D eigenvalue weighted by molar-refractivity contribution is -0.136. The summed E-state index contributed by atoms with van der Waals surface area (Å²) in [5.74, 6) is -0.220. The molecule has 1 aromatic heterocycles. The lowest BCUT2D eigenvalue weighted by atomic mass is 10.1. The number of urea groups is 1. The van der Waals surface area contributed by atoms with Crippen molar-refractivity contribution in [3.8, 4) is 0 Å². The van der Waals surface area contributed by atoms with Gasteiger partial charge >= 0.3 is 12.0 Å². The Hall–Kier alpha value is -2.76. The minimum absolute atomic E-state index is 0.0397. The molecule has 0 bridgehead atoms. The Balaban J connectivity index is 1.89. The summed E-state index contributed by atoms with van der Waals surface area (Å²) in [6.07, 6.45) is 1.51. The smallest absolute Gasteiger partial charge is 0.319 e. The number of nitrogens with one attached hydrogen (secondary N) is 2. The molecule has 2 amide bonds. The fraction of sp³-hybridized carbons (Fsp3) is 0.200. The van der Waals surface area contributed by atoms with E-state index in [0.29, 0.717) is 17.0 Å². The number of aliphatic carboxylic acids is 1. The van der Waals surface area contributed by atoms with Gasteiger partial charge in [-0.05, 0) is 36.8 Å². The molecule has 1 atom stereocenters. The molecule has 21 heavy (non-hydrogen) atoms. The highest BCUT2D eigenvalue weighted by atomic mass is 16.4. The molecule has 1 aromatic carbocycles. The number of benzene rings is 1. The van der Waals surface area contributed by atoms with Crippen molar-refractivity contribution >= 4 is 17.7 Å². The van der Waals surface area contributed by atoms with Gasteiger partial charge in [0.2, 0.25) is 0 Å². The van der Waals surface area contributed by atoms with Crippen molar-refractivity contribution in [1.82, 2.24) is 5.32 Å². The van der Waals surface area contributed by atoms with Gasteiger partial charge in [0.1, 0.15) is 5.76 Å². The lowest BCUT2D eigenvalue weighted by Gasteiger charge is -2.12. The summed E-state index contributed by atoms with van der Waals surface area (Å²) < 4.78 is 5.20. The molecule has 0 fully saturated rings. The van der Waals surface area contributed by atoms with E-state index in [2.05, 4.69) is 10.6 Å².